The highest BCUT2D eigenvalue weighted by atomic mass is 32.2. The Kier molecular flexibility index (Phi) is 3.58. The number of nitrogens with two attached hydrogens (primary N) is 1. The Balaban J connectivity index is 1.74. The first-order chi connectivity index (χ1) is 11.5. The van der Waals surface area contributed by atoms with Crippen molar-refractivity contribution in [3.8, 4) is 11.5 Å². The summed E-state index contributed by atoms with van der Waals surface area (Å²) < 4.78 is 33.6. The second-order valence-electron chi connectivity index (χ2n) is 5.95. The van der Waals surface area contributed by atoms with Crippen molar-refractivity contribution in [1.82, 2.24) is 0 Å². The number of fused-ring (bicyclic) bond motifs is 1. The lowest BCUT2D eigenvalue weighted by atomic mass is 9.97. The maximum Gasteiger partial charge on any atom is 0.238 e. The maximum absolute atomic E-state index is 11.4. The topological polar surface area (TPSA) is 78.6 Å². The third kappa shape index (κ3) is 2.68. The van der Waals surface area contributed by atoms with Crippen molar-refractivity contribution in [1.29, 1.82) is 0 Å². The summed E-state index contributed by atoms with van der Waals surface area (Å²) >= 11 is 0. The van der Waals surface area contributed by atoms with E-state index in [0.29, 0.717) is 0 Å². The molecule has 0 saturated carbocycles. The molecule has 0 fully saturated rings. The van der Waals surface area contributed by atoms with Crippen LogP contribution < -0.4 is 14.6 Å². The van der Waals surface area contributed by atoms with Gasteiger partial charge in [0.1, 0.15) is 0 Å². The third-order valence-corrected chi connectivity index (χ3v) is 5.40. The van der Waals surface area contributed by atoms with Gasteiger partial charge in [-0.3, -0.25) is 0 Å². The minimum absolute atomic E-state index is 0.134. The lowest BCUT2D eigenvalue weighted by molar-refractivity contribution is 0.174. The van der Waals surface area contributed by atoms with Gasteiger partial charge in [-0.15, -0.1) is 0 Å². The van der Waals surface area contributed by atoms with Crippen LogP contribution in [-0.2, 0) is 10.0 Å². The van der Waals surface area contributed by atoms with Gasteiger partial charge >= 0.3 is 0 Å². The van der Waals surface area contributed by atoms with E-state index < -0.39 is 10.0 Å². The summed E-state index contributed by atoms with van der Waals surface area (Å²) in [6, 6.07) is 12.8. The highest BCUT2D eigenvalue weighted by Gasteiger charge is 2.21. The molecule has 0 spiro atoms. The highest BCUT2D eigenvalue weighted by molar-refractivity contribution is 7.89. The van der Waals surface area contributed by atoms with Crippen LogP contribution in [0.25, 0.3) is 11.1 Å². The normalized spacial score (nSPS) is 16.7. The molecule has 1 aliphatic heterocycles. The molecule has 24 heavy (non-hydrogen) atoms. The average Bonchev–Trinajstić information content (AvgIpc) is 3.22. The number of primary sulfonamides is 1. The molecule has 0 amide bonds. The molecule has 2 N–H and O–H groups in total. The molecule has 6 heteroatoms. The van der Waals surface area contributed by atoms with Crippen molar-refractivity contribution in [3.05, 3.63) is 53.6 Å². The molecule has 2 aliphatic rings. The molecule has 2 aromatic carbocycles. The number of hydrogen-bond acceptors (Lipinski definition) is 4. The third-order valence-electron chi connectivity index (χ3n) is 4.47. The Morgan fingerprint density at radius 3 is 2.17 bits per heavy atom. The van der Waals surface area contributed by atoms with E-state index in [0.717, 1.165) is 41.9 Å². The van der Waals surface area contributed by atoms with Crippen molar-refractivity contribution < 1.29 is 17.9 Å². The Hall–Kier alpha value is -2.31. The summed E-state index contributed by atoms with van der Waals surface area (Å²) in [5.41, 5.74) is 4.68. The lowest BCUT2D eigenvalue weighted by Crippen LogP contribution is -2.11. The van der Waals surface area contributed by atoms with Crippen LogP contribution in [0.5, 0.6) is 11.5 Å². The fourth-order valence-electron chi connectivity index (χ4n) is 3.31. The fourth-order valence-corrected chi connectivity index (χ4v) is 3.83. The van der Waals surface area contributed by atoms with Crippen LogP contribution in [0, 0.1) is 0 Å². The second-order valence-corrected chi connectivity index (χ2v) is 7.51. The van der Waals surface area contributed by atoms with E-state index in [2.05, 4.69) is 0 Å². The molecular formula is C18H17NO4S. The zero-order valence-electron chi connectivity index (χ0n) is 13.0. The van der Waals surface area contributed by atoms with Crippen molar-refractivity contribution >= 4 is 21.2 Å². The summed E-state index contributed by atoms with van der Waals surface area (Å²) in [6.45, 7) is 0.264. The number of rotatable bonds is 3. The van der Waals surface area contributed by atoms with Crippen molar-refractivity contribution in [2.45, 2.75) is 24.2 Å². The Morgan fingerprint density at radius 2 is 1.46 bits per heavy atom. The predicted octanol–water partition coefficient (Wildman–Crippen LogP) is 3.16. The summed E-state index contributed by atoms with van der Waals surface area (Å²) in [4.78, 5) is 0.134. The minimum atomic E-state index is -3.66. The van der Waals surface area contributed by atoms with Crippen LogP contribution in [0.15, 0.2) is 47.4 Å². The molecule has 0 atom stereocenters. The van der Waals surface area contributed by atoms with Gasteiger partial charge in [-0.1, -0.05) is 18.2 Å². The first-order valence-electron chi connectivity index (χ1n) is 7.78. The zero-order valence-corrected chi connectivity index (χ0v) is 13.8. The van der Waals surface area contributed by atoms with Gasteiger partial charge in [-0.2, -0.15) is 0 Å². The molecule has 2 aromatic rings. The van der Waals surface area contributed by atoms with E-state index in [-0.39, 0.29) is 11.7 Å². The van der Waals surface area contributed by atoms with E-state index in [9.17, 15) is 8.42 Å². The van der Waals surface area contributed by atoms with Crippen LogP contribution in [0.4, 0.5) is 0 Å². The molecule has 1 heterocycles. The molecule has 0 bridgehead atoms. The number of allylic oxidation sites excluding steroid dienone is 2. The van der Waals surface area contributed by atoms with Gasteiger partial charge in [-0.05, 0) is 65.8 Å². The van der Waals surface area contributed by atoms with Crippen LogP contribution in [0.2, 0.25) is 0 Å². The highest BCUT2D eigenvalue weighted by Crippen LogP contribution is 2.42. The summed E-state index contributed by atoms with van der Waals surface area (Å²) in [6.07, 6.45) is 3.04. The molecular weight excluding hydrogens is 326 g/mol. The summed E-state index contributed by atoms with van der Waals surface area (Å²) in [5.74, 6) is 1.55. The molecule has 124 valence electrons. The van der Waals surface area contributed by atoms with E-state index in [1.54, 1.807) is 12.1 Å². The van der Waals surface area contributed by atoms with Crippen molar-refractivity contribution in [3.63, 3.8) is 0 Å². The van der Waals surface area contributed by atoms with Gasteiger partial charge in [-0.25, -0.2) is 13.6 Å². The molecule has 4 rings (SSSR count). The summed E-state index contributed by atoms with van der Waals surface area (Å²) in [7, 11) is -3.66. The molecule has 0 radical (unpaired) electrons. The molecule has 0 aromatic heterocycles. The lowest BCUT2D eigenvalue weighted by Gasteiger charge is -2.10. The molecule has 1 aliphatic carbocycles. The molecule has 5 nitrogen and oxygen atoms in total. The predicted molar refractivity (Wildman–Crippen MR) is 91.0 cm³/mol. The smallest absolute Gasteiger partial charge is 0.238 e. The molecule has 0 saturated heterocycles. The number of sulfonamides is 1. The minimum Gasteiger partial charge on any atom is -0.454 e. The van der Waals surface area contributed by atoms with E-state index in [4.69, 9.17) is 14.6 Å². The van der Waals surface area contributed by atoms with E-state index >= 15 is 0 Å². The first kappa shape index (κ1) is 15.2. The van der Waals surface area contributed by atoms with Gasteiger partial charge in [0.05, 0.1) is 4.90 Å². The van der Waals surface area contributed by atoms with Gasteiger partial charge in [0.25, 0.3) is 0 Å². The van der Waals surface area contributed by atoms with Crippen molar-refractivity contribution in [2.75, 3.05) is 6.79 Å². The van der Waals surface area contributed by atoms with Gasteiger partial charge < -0.3 is 9.47 Å². The Bertz CT molecular complexity index is 930. The van der Waals surface area contributed by atoms with E-state index in [1.807, 2.05) is 30.3 Å². The van der Waals surface area contributed by atoms with Crippen LogP contribution in [0.1, 0.15) is 30.4 Å². The van der Waals surface area contributed by atoms with E-state index in [1.165, 1.54) is 11.1 Å². The van der Waals surface area contributed by atoms with Crippen LogP contribution in [0.3, 0.4) is 0 Å². The fraction of sp³-hybridized carbons (Fsp3) is 0.222. The Morgan fingerprint density at radius 1 is 0.833 bits per heavy atom. The molecule has 0 unspecified atom stereocenters. The SMILES string of the molecule is NS(=O)(=O)c1ccc(C2=C(c3ccc4c(c3)OCO4)CCC2)cc1. The van der Waals surface area contributed by atoms with Crippen LogP contribution in [-0.4, -0.2) is 15.2 Å². The first-order valence-corrected chi connectivity index (χ1v) is 9.32. The standard InChI is InChI=1S/C18H17NO4S/c19-24(20,21)14-7-4-12(5-8-14)15-2-1-3-16(15)13-6-9-17-18(10-13)23-11-22-17/h4-10H,1-3,11H2,(H2,19,20,21). The monoisotopic (exact) mass is 343 g/mol. The number of benzene rings is 2. The quantitative estimate of drug-likeness (QED) is 0.928. The number of ether oxygens (including phenoxy) is 2. The van der Waals surface area contributed by atoms with Gasteiger partial charge in [0.2, 0.25) is 16.8 Å². The van der Waals surface area contributed by atoms with Crippen LogP contribution >= 0.6 is 0 Å². The number of hydrogen-bond donors (Lipinski definition) is 1. The average molecular weight is 343 g/mol. The van der Waals surface area contributed by atoms with Gasteiger partial charge in [0, 0.05) is 0 Å². The second kappa shape index (κ2) is 5.65. The van der Waals surface area contributed by atoms with Crippen molar-refractivity contribution in [2.24, 2.45) is 5.14 Å². The Labute approximate surface area is 140 Å². The summed E-state index contributed by atoms with van der Waals surface area (Å²) in [5, 5.41) is 5.17. The zero-order chi connectivity index (χ0) is 16.7. The maximum atomic E-state index is 11.4. The van der Waals surface area contributed by atoms with Gasteiger partial charge in [0.15, 0.2) is 11.5 Å². The largest absolute Gasteiger partial charge is 0.454 e.